The highest BCUT2D eigenvalue weighted by atomic mass is 79.9. The van der Waals surface area contributed by atoms with E-state index in [-0.39, 0.29) is 6.09 Å². The minimum Gasteiger partial charge on any atom is -0.492 e. The van der Waals surface area contributed by atoms with E-state index < -0.39 is 5.60 Å². The Morgan fingerprint density at radius 1 is 1.19 bits per heavy atom. The highest BCUT2D eigenvalue weighted by molar-refractivity contribution is 9.10. The molecule has 1 saturated heterocycles. The average Bonchev–Trinajstić information content (AvgIpc) is 3.44. The van der Waals surface area contributed by atoms with Gasteiger partial charge in [0.2, 0.25) is 0 Å². The van der Waals surface area contributed by atoms with Gasteiger partial charge in [-0.3, -0.25) is 4.90 Å². The zero-order valence-electron chi connectivity index (χ0n) is 18.6. The molecule has 4 rings (SSSR count). The maximum Gasteiger partial charge on any atom is 0.410 e. The minimum atomic E-state index is -0.450. The van der Waals surface area contributed by atoms with Gasteiger partial charge in [-0.1, -0.05) is 5.21 Å². The van der Waals surface area contributed by atoms with E-state index in [0.717, 1.165) is 59.8 Å². The van der Waals surface area contributed by atoms with E-state index in [9.17, 15) is 4.79 Å². The van der Waals surface area contributed by atoms with Crippen LogP contribution in [-0.2, 0) is 11.3 Å². The van der Waals surface area contributed by atoms with Gasteiger partial charge in [0, 0.05) is 39.3 Å². The fourth-order valence-corrected chi connectivity index (χ4v) is 4.26. The van der Waals surface area contributed by atoms with E-state index >= 15 is 0 Å². The maximum absolute atomic E-state index is 12.2. The summed E-state index contributed by atoms with van der Waals surface area (Å²) in [4.78, 5) is 16.3. The molecular formula is C22H32BrN5O3. The number of piperazine rings is 1. The van der Waals surface area contributed by atoms with E-state index in [1.807, 2.05) is 37.6 Å². The van der Waals surface area contributed by atoms with Crippen molar-refractivity contribution in [1.29, 1.82) is 0 Å². The summed E-state index contributed by atoms with van der Waals surface area (Å²) in [5, 5.41) is 8.65. The van der Waals surface area contributed by atoms with Gasteiger partial charge in [0.25, 0.3) is 0 Å². The lowest BCUT2D eigenvalue weighted by Gasteiger charge is -2.35. The van der Waals surface area contributed by atoms with Gasteiger partial charge in [0.1, 0.15) is 16.9 Å². The molecule has 0 radical (unpaired) electrons. The quantitative estimate of drug-likeness (QED) is 0.544. The van der Waals surface area contributed by atoms with Crippen molar-refractivity contribution in [2.75, 3.05) is 39.3 Å². The van der Waals surface area contributed by atoms with Crippen LogP contribution in [0.1, 0.15) is 40.0 Å². The number of rotatable bonds is 7. The summed E-state index contributed by atoms with van der Waals surface area (Å²) in [5.74, 6) is 1.56. The van der Waals surface area contributed by atoms with Gasteiger partial charge in [0.15, 0.2) is 0 Å². The van der Waals surface area contributed by atoms with Crippen LogP contribution in [0.4, 0.5) is 4.79 Å². The van der Waals surface area contributed by atoms with Gasteiger partial charge in [-0.25, -0.2) is 9.48 Å². The number of carbonyl (C=O) groups is 1. The van der Waals surface area contributed by atoms with E-state index in [0.29, 0.717) is 19.7 Å². The molecule has 8 nitrogen and oxygen atoms in total. The standard InChI is InChI=1S/C22H32BrN5O3/c1-22(2,3)31-21(29)27-12-10-26(11-13-27)9-4-14-30-18-8-7-17-20(19(18)23)24-25-28(17)15-16-5-6-16/h7-8,16H,4-6,9-15H2,1-3H3. The first-order valence-corrected chi connectivity index (χ1v) is 11.9. The number of amides is 1. The summed E-state index contributed by atoms with van der Waals surface area (Å²) in [7, 11) is 0. The van der Waals surface area contributed by atoms with E-state index in [1.54, 1.807) is 4.90 Å². The third-order valence-electron chi connectivity index (χ3n) is 5.62. The molecule has 2 aliphatic rings. The van der Waals surface area contributed by atoms with Crippen LogP contribution < -0.4 is 4.74 Å². The average molecular weight is 494 g/mol. The molecule has 1 aliphatic heterocycles. The molecule has 1 aromatic heterocycles. The van der Waals surface area contributed by atoms with Gasteiger partial charge >= 0.3 is 6.09 Å². The Labute approximate surface area is 192 Å². The molecule has 1 aromatic carbocycles. The third kappa shape index (κ3) is 5.88. The monoisotopic (exact) mass is 493 g/mol. The first-order valence-electron chi connectivity index (χ1n) is 11.1. The number of aromatic nitrogens is 3. The van der Waals surface area contributed by atoms with Crippen LogP contribution in [0.15, 0.2) is 16.6 Å². The first-order chi connectivity index (χ1) is 14.8. The molecule has 2 heterocycles. The van der Waals surface area contributed by atoms with Crippen LogP contribution >= 0.6 is 15.9 Å². The lowest BCUT2D eigenvalue weighted by atomic mass is 10.2. The summed E-state index contributed by atoms with van der Waals surface area (Å²) in [6.07, 6.45) is 3.29. The Bertz CT molecular complexity index is 914. The van der Waals surface area contributed by atoms with Crippen molar-refractivity contribution in [2.24, 2.45) is 5.92 Å². The SMILES string of the molecule is CC(C)(C)OC(=O)N1CCN(CCCOc2ccc3c(nnn3CC3CC3)c2Br)CC1. The van der Waals surface area contributed by atoms with E-state index in [1.165, 1.54) is 12.8 Å². The van der Waals surface area contributed by atoms with Crippen molar-refractivity contribution >= 4 is 33.1 Å². The largest absolute Gasteiger partial charge is 0.492 e. The fraction of sp³-hybridized carbons (Fsp3) is 0.682. The Hall–Kier alpha value is -1.87. The zero-order chi connectivity index (χ0) is 22.0. The Morgan fingerprint density at radius 3 is 2.61 bits per heavy atom. The molecule has 2 fully saturated rings. The maximum atomic E-state index is 12.2. The first kappa shape index (κ1) is 22.3. The lowest BCUT2D eigenvalue weighted by molar-refractivity contribution is 0.0142. The smallest absolute Gasteiger partial charge is 0.410 e. The van der Waals surface area contributed by atoms with Crippen LogP contribution in [0.25, 0.3) is 11.0 Å². The molecule has 31 heavy (non-hydrogen) atoms. The Morgan fingerprint density at radius 2 is 1.94 bits per heavy atom. The number of hydrogen-bond donors (Lipinski definition) is 0. The van der Waals surface area contributed by atoms with Gasteiger partial charge in [-0.2, -0.15) is 0 Å². The number of ether oxygens (including phenoxy) is 2. The molecule has 0 unspecified atom stereocenters. The van der Waals surface area contributed by atoms with Crippen molar-refractivity contribution in [3.63, 3.8) is 0 Å². The van der Waals surface area contributed by atoms with Crippen LogP contribution in [0, 0.1) is 5.92 Å². The van der Waals surface area contributed by atoms with Gasteiger partial charge in [0.05, 0.1) is 16.6 Å². The number of hydrogen-bond acceptors (Lipinski definition) is 6. The summed E-state index contributed by atoms with van der Waals surface area (Å²) < 4.78 is 14.3. The van der Waals surface area contributed by atoms with Crippen molar-refractivity contribution < 1.29 is 14.3 Å². The second-order valence-electron chi connectivity index (χ2n) is 9.47. The normalized spacial score (nSPS) is 17.9. The molecule has 0 atom stereocenters. The van der Waals surface area contributed by atoms with Crippen molar-refractivity contribution in [3.05, 3.63) is 16.6 Å². The molecule has 0 bridgehead atoms. The second-order valence-corrected chi connectivity index (χ2v) is 10.3. The third-order valence-corrected chi connectivity index (χ3v) is 6.38. The second kappa shape index (κ2) is 9.32. The fourth-order valence-electron chi connectivity index (χ4n) is 3.73. The van der Waals surface area contributed by atoms with Crippen LogP contribution in [0.2, 0.25) is 0 Å². The van der Waals surface area contributed by atoms with E-state index in [2.05, 4.69) is 31.1 Å². The van der Waals surface area contributed by atoms with Crippen LogP contribution in [-0.4, -0.2) is 75.8 Å². The van der Waals surface area contributed by atoms with Crippen LogP contribution in [0.5, 0.6) is 5.75 Å². The van der Waals surface area contributed by atoms with Crippen molar-refractivity contribution in [2.45, 2.75) is 52.2 Å². The van der Waals surface area contributed by atoms with E-state index in [4.69, 9.17) is 9.47 Å². The van der Waals surface area contributed by atoms with Crippen molar-refractivity contribution in [1.82, 2.24) is 24.8 Å². The molecule has 170 valence electrons. The number of nitrogens with zero attached hydrogens (tertiary/aromatic N) is 5. The predicted octanol–water partition coefficient (Wildman–Crippen LogP) is 3.93. The zero-order valence-corrected chi connectivity index (χ0v) is 20.2. The number of carbonyl (C=O) groups excluding carboxylic acids is 1. The highest BCUT2D eigenvalue weighted by Crippen LogP contribution is 2.34. The Balaban J connectivity index is 1.20. The lowest BCUT2D eigenvalue weighted by Crippen LogP contribution is -2.50. The summed E-state index contributed by atoms with van der Waals surface area (Å²) >= 11 is 3.65. The minimum absolute atomic E-state index is 0.218. The predicted molar refractivity (Wildman–Crippen MR) is 122 cm³/mol. The topological polar surface area (TPSA) is 72.7 Å². The van der Waals surface area contributed by atoms with Gasteiger partial charge < -0.3 is 14.4 Å². The molecule has 9 heteroatoms. The number of halogens is 1. The van der Waals surface area contributed by atoms with Crippen LogP contribution in [0.3, 0.4) is 0 Å². The summed E-state index contributed by atoms with van der Waals surface area (Å²) in [5.41, 5.74) is 1.46. The molecule has 2 aromatic rings. The van der Waals surface area contributed by atoms with Crippen molar-refractivity contribution in [3.8, 4) is 5.75 Å². The summed E-state index contributed by atoms with van der Waals surface area (Å²) in [6, 6.07) is 4.05. The highest BCUT2D eigenvalue weighted by Gasteiger charge is 2.26. The van der Waals surface area contributed by atoms with Gasteiger partial charge in [-0.15, -0.1) is 5.10 Å². The molecule has 1 amide bonds. The van der Waals surface area contributed by atoms with Gasteiger partial charge in [-0.05, 0) is 74.0 Å². The molecule has 1 saturated carbocycles. The summed E-state index contributed by atoms with van der Waals surface area (Å²) in [6.45, 7) is 11.3. The Kier molecular flexibility index (Phi) is 6.71. The molecule has 1 aliphatic carbocycles. The molecule has 0 spiro atoms. The number of benzene rings is 1. The molecular weight excluding hydrogens is 462 g/mol. The number of fused-ring (bicyclic) bond motifs is 1. The molecule has 0 N–H and O–H groups in total.